The van der Waals surface area contributed by atoms with Gasteiger partial charge in [-0.3, -0.25) is 9.79 Å². The highest BCUT2D eigenvalue weighted by Gasteiger charge is 2.63. The number of amides is 1. The summed E-state index contributed by atoms with van der Waals surface area (Å²) in [6, 6.07) is 8.31. The maximum absolute atomic E-state index is 12.2. The fraction of sp³-hybridized carbons (Fsp3) is 0.400. The van der Waals surface area contributed by atoms with Gasteiger partial charge in [0.25, 0.3) is 5.91 Å². The molecule has 0 saturated carbocycles. The Labute approximate surface area is 127 Å². The average molecular weight is 304 g/mol. The summed E-state index contributed by atoms with van der Waals surface area (Å²) in [5.41, 5.74) is 0.931. The lowest BCUT2D eigenvalue weighted by Gasteiger charge is -2.41. The van der Waals surface area contributed by atoms with Crippen LogP contribution in [0.4, 0.5) is 0 Å². The summed E-state index contributed by atoms with van der Waals surface area (Å²) in [5, 5.41) is 9.16. The van der Waals surface area contributed by atoms with Crippen LogP contribution >= 0.6 is 11.8 Å². The molecule has 1 aromatic rings. The second kappa shape index (κ2) is 4.87. The van der Waals surface area contributed by atoms with Gasteiger partial charge in [0, 0.05) is 11.0 Å². The lowest BCUT2D eigenvalue weighted by Crippen LogP contribution is -2.64. The van der Waals surface area contributed by atoms with Crippen molar-refractivity contribution in [3.63, 3.8) is 0 Å². The zero-order chi connectivity index (χ0) is 15.2. The molecule has 21 heavy (non-hydrogen) atoms. The Morgan fingerprint density at radius 3 is 2.67 bits per heavy atom. The zero-order valence-electron chi connectivity index (χ0n) is 11.8. The third kappa shape index (κ3) is 2.23. The van der Waals surface area contributed by atoms with Crippen LogP contribution in [0.3, 0.4) is 0 Å². The summed E-state index contributed by atoms with van der Waals surface area (Å²) in [7, 11) is 0. The summed E-state index contributed by atoms with van der Waals surface area (Å²) >= 11 is 1.51. The van der Waals surface area contributed by atoms with Crippen LogP contribution in [0.15, 0.2) is 35.3 Å². The van der Waals surface area contributed by atoms with Crippen molar-refractivity contribution < 1.29 is 14.7 Å². The number of carbonyl (C=O) groups is 2. The molecule has 1 amide bonds. The summed E-state index contributed by atoms with van der Waals surface area (Å²) in [5.74, 6) is -1.15. The first-order valence-electron chi connectivity index (χ1n) is 6.73. The predicted molar refractivity (Wildman–Crippen MR) is 81.6 cm³/mol. The third-order valence-corrected chi connectivity index (χ3v) is 5.39. The lowest BCUT2D eigenvalue weighted by molar-refractivity contribution is -0.158. The number of aliphatic imine (C=N–C) groups is 1. The fourth-order valence-corrected chi connectivity index (χ4v) is 4.46. The van der Waals surface area contributed by atoms with E-state index >= 15 is 0 Å². The van der Waals surface area contributed by atoms with E-state index in [1.54, 1.807) is 6.21 Å². The molecule has 0 unspecified atom stereocenters. The van der Waals surface area contributed by atoms with Crippen LogP contribution in [-0.2, 0) is 9.59 Å². The van der Waals surface area contributed by atoms with Gasteiger partial charge in [-0.2, -0.15) is 0 Å². The number of nitrogens with zero attached hydrogens (tertiary/aromatic N) is 2. The number of carboxylic acids is 1. The van der Waals surface area contributed by atoms with Crippen molar-refractivity contribution in [1.29, 1.82) is 0 Å². The highest BCUT2D eigenvalue weighted by atomic mass is 32.2. The average Bonchev–Trinajstić information content (AvgIpc) is 2.69. The molecular formula is C15H16N2O3S. The summed E-state index contributed by atoms with van der Waals surface area (Å²) in [6.07, 6.45) is 1.68. The van der Waals surface area contributed by atoms with Gasteiger partial charge in [0.05, 0.1) is 0 Å². The van der Waals surface area contributed by atoms with Crippen LogP contribution in [0, 0.1) is 0 Å². The molecule has 2 aliphatic rings. The number of thioether (sulfide) groups is 1. The monoisotopic (exact) mass is 304 g/mol. The number of carboxylic acid groups (broad SMARTS) is 1. The van der Waals surface area contributed by atoms with Crippen LogP contribution in [-0.4, -0.2) is 50.3 Å². The number of benzene rings is 1. The van der Waals surface area contributed by atoms with E-state index in [0.717, 1.165) is 5.56 Å². The van der Waals surface area contributed by atoms with E-state index < -0.39 is 22.8 Å². The molecule has 0 radical (unpaired) electrons. The van der Waals surface area contributed by atoms with E-state index in [4.69, 9.17) is 0 Å². The maximum atomic E-state index is 12.2. The Bertz CT molecular complexity index is 615. The molecule has 1 aromatic carbocycles. The second-order valence-corrected chi connectivity index (χ2v) is 7.50. The molecule has 3 rings (SSSR count). The standard InChI is InChI=1S/C15H16N2O3S/c1-15(2)11(14(19)20)17-12(18)10(13(17)21-15)16-8-9-6-4-3-5-7-9/h3-8,10-11,13H,1-2H3,(H,19,20)/t10-,11+,13-/m1/s1. The van der Waals surface area contributed by atoms with Gasteiger partial charge in [0.1, 0.15) is 11.4 Å². The van der Waals surface area contributed by atoms with Gasteiger partial charge < -0.3 is 10.0 Å². The van der Waals surface area contributed by atoms with Crippen LogP contribution in [0.5, 0.6) is 0 Å². The number of carbonyl (C=O) groups excluding carboxylic acids is 1. The van der Waals surface area contributed by atoms with Gasteiger partial charge in [-0.1, -0.05) is 30.3 Å². The Morgan fingerprint density at radius 1 is 1.38 bits per heavy atom. The molecule has 2 aliphatic heterocycles. The highest BCUT2D eigenvalue weighted by molar-refractivity contribution is 8.01. The van der Waals surface area contributed by atoms with Crippen molar-refractivity contribution in [2.75, 3.05) is 0 Å². The second-order valence-electron chi connectivity index (χ2n) is 5.73. The molecule has 0 spiro atoms. The fourth-order valence-electron chi connectivity index (χ4n) is 2.84. The van der Waals surface area contributed by atoms with Gasteiger partial charge in [0.2, 0.25) is 0 Å². The Kier molecular flexibility index (Phi) is 3.28. The molecule has 2 saturated heterocycles. The van der Waals surface area contributed by atoms with Gasteiger partial charge >= 0.3 is 5.97 Å². The predicted octanol–water partition coefficient (Wildman–Crippen LogP) is 1.62. The largest absolute Gasteiger partial charge is 0.480 e. The van der Waals surface area contributed by atoms with Crippen molar-refractivity contribution >= 4 is 29.9 Å². The van der Waals surface area contributed by atoms with Crippen molar-refractivity contribution in [3.8, 4) is 0 Å². The molecule has 1 N–H and O–H groups in total. The number of β-lactam (4-membered cyclic amide) rings is 1. The number of hydrogen-bond acceptors (Lipinski definition) is 4. The normalized spacial score (nSPS) is 30.3. The van der Waals surface area contributed by atoms with Crippen molar-refractivity contribution in [2.24, 2.45) is 4.99 Å². The summed E-state index contributed by atoms with van der Waals surface area (Å²) < 4.78 is -0.497. The van der Waals surface area contributed by atoms with E-state index in [9.17, 15) is 14.7 Å². The Morgan fingerprint density at radius 2 is 2.05 bits per heavy atom. The van der Waals surface area contributed by atoms with Gasteiger partial charge in [-0.25, -0.2) is 4.79 Å². The number of hydrogen-bond donors (Lipinski definition) is 1. The van der Waals surface area contributed by atoms with E-state index in [1.165, 1.54) is 16.7 Å². The molecular weight excluding hydrogens is 288 g/mol. The smallest absolute Gasteiger partial charge is 0.327 e. The summed E-state index contributed by atoms with van der Waals surface area (Å²) in [4.78, 5) is 29.4. The van der Waals surface area contributed by atoms with E-state index in [2.05, 4.69) is 4.99 Å². The summed E-state index contributed by atoms with van der Waals surface area (Å²) in [6.45, 7) is 3.72. The van der Waals surface area contributed by atoms with Crippen LogP contribution in [0.2, 0.25) is 0 Å². The minimum atomic E-state index is -0.950. The Hall–Kier alpha value is -1.82. The maximum Gasteiger partial charge on any atom is 0.327 e. The van der Waals surface area contributed by atoms with Gasteiger partial charge in [-0.05, 0) is 19.4 Å². The van der Waals surface area contributed by atoms with Gasteiger partial charge in [0.15, 0.2) is 6.04 Å². The molecule has 3 atom stereocenters. The van der Waals surface area contributed by atoms with E-state index in [0.29, 0.717) is 0 Å². The molecule has 2 fully saturated rings. The topological polar surface area (TPSA) is 70.0 Å². The molecule has 2 heterocycles. The van der Waals surface area contributed by atoms with Crippen molar-refractivity contribution in [2.45, 2.75) is 36.1 Å². The highest BCUT2D eigenvalue weighted by Crippen LogP contribution is 2.51. The molecule has 110 valence electrons. The van der Waals surface area contributed by atoms with Crippen LogP contribution < -0.4 is 0 Å². The van der Waals surface area contributed by atoms with Crippen LogP contribution in [0.1, 0.15) is 19.4 Å². The minimum Gasteiger partial charge on any atom is -0.480 e. The van der Waals surface area contributed by atoms with Gasteiger partial charge in [-0.15, -0.1) is 11.8 Å². The third-order valence-electron chi connectivity index (χ3n) is 3.83. The first-order chi connectivity index (χ1) is 9.92. The Balaban J connectivity index is 1.79. The SMILES string of the molecule is CC1(C)S[C@@H]2[C@H](N=Cc3ccccc3)C(=O)N2[C@H]1C(=O)O. The molecule has 6 heteroatoms. The number of rotatable bonds is 3. The molecule has 0 aromatic heterocycles. The first-order valence-corrected chi connectivity index (χ1v) is 7.61. The lowest BCUT2D eigenvalue weighted by atomic mass is 9.96. The van der Waals surface area contributed by atoms with E-state index in [1.807, 2.05) is 44.2 Å². The number of aliphatic carboxylic acids is 1. The zero-order valence-corrected chi connectivity index (χ0v) is 12.6. The number of fused-ring (bicyclic) bond motifs is 1. The first kappa shape index (κ1) is 14.1. The van der Waals surface area contributed by atoms with E-state index in [-0.39, 0.29) is 11.3 Å². The van der Waals surface area contributed by atoms with Crippen molar-refractivity contribution in [3.05, 3.63) is 35.9 Å². The quantitative estimate of drug-likeness (QED) is 0.680. The molecule has 0 bridgehead atoms. The molecule has 5 nitrogen and oxygen atoms in total. The minimum absolute atomic E-state index is 0.173. The van der Waals surface area contributed by atoms with Crippen molar-refractivity contribution in [1.82, 2.24) is 4.90 Å². The van der Waals surface area contributed by atoms with Crippen LogP contribution in [0.25, 0.3) is 0 Å². The molecule has 0 aliphatic carbocycles.